The van der Waals surface area contributed by atoms with Crippen molar-refractivity contribution >= 4 is 0 Å². The number of hydrogen-bond donors (Lipinski definition) is 1. The van der Waals surface area contributed by atoms with Gasteiger partial charge in [-0.3, -0.25) is 0 Å². The lowest BCUT2D eigenvalue weighted by Gasteiger charge is -2.18. The summed E-state index contributed by atoms with van der Waals surface area (Å²) in [6.07, 6.45) is 6.66. The summed E-state index contributed by atoms with van der Waals surface area (Å²) in [5.41, 5.74) is 0.997. The zero-order valence-electron chi connectivity index (χ0n) is 11.5. The first-order chi connectivity index (χ1) is 9.01. The van der Waals surface area contributed by atoms with E-state index in [-0.39, 0.29) is 0 Å². The van der Waals surface area contributed by atoms with Crippen molar-refractivity contribution in [1.29, 1.82) is 0 Å². The Bertz CT molecular complexity index is 544. The summed E-state index contributed by atoms with van der Waals surface area (Å²) in [4.78, 5) is 12.6. The van der Waals surface area contributed by atoms with Gasteiger partial charge in [-0.2, -0.15) is 5.10 Å². The first-order valence-corrected chi connectivity index (χ1v) is 6.40. The number of hydrogen-bond acceptors (Lipinski definition) is 5. The molecule has 2 aromatic heterocycles. The normalized spacial score (nSPS) is 11.8. The largest absolute Gasteiger partial charge is 0.389 e. The SMILES string of the molecule is CCCc1ncncc1-c1ncnn1CC(C)(C)O. The minimum atomic E-state index is -0.844. The van der Waals surface area contributed by atoms with Crippen LogP contribution < -0.4 is 0 Å². The van der Waals surface area contributed by atoms with Gasteiger partial charge in [-0.25, -0.2) is 19.6 Å². The van der Waals surface area contributed by atoms with Crippen LogP contribution in [-0.2, 0) is 13.0 Å². The highest BCUT2D eigenvalue weighted by molar-refractivity contribution is 5.56. The van der Waals surface area contributed by atoms with Gasteiger partial charge in [0, 0.05) is 6.20 Å². The standard InChI is InChI=1S/C13H19N5O/c1-4-5-11-10(6-14-8-15-11)12-16-9-17-18(12)7-13(2,3)19/h6,8-9,19H,4-5,7H2,1-3H3. The van der Waals surface area contributed by atoms with Crippen LogP contribution in [0.1, 0.15) is 32.9 Å². The van der Waals surface area contributed by atoms with Gasteiger partial charge in [0.1, 0.15) is 12.7 Å². The monoisotopic (exact) mass is 261 g/mol. The summed E-state index contributed by atoms with van der Waals surface area (Å²) >= 11 is 0. The van der Waals surface area contributed by atoms with Gasteiger partial charge in [-0.1, -0.05) is 13.3 Å². The van der Waals surface area contributed by atoms with E-state index in [2.05, 4.69) is 27.0 Å². The van der Waals surface area contributed by atoms with Crippen molar-refractivity contribution in [3.63, 3.8) is 0 Å². The van der Waals surface area contributed by atoms with E-state index in [1.807, 2.05) is 0 Å². The molecule has 0 aliphatic rings. The number of rotatable bonds is 5. The topological polar surface area (TPSA) is 76.7 Å². The smallest absolute Gasteiger partial charge is 0.161 e. The van der Waals surface area contributed by atoms with Gasteiger partial charge >= 0.3 is 0 Å². The van der Waals surface area contributed by atoms with Crippen molar-refractivity contribution < 1.29 is 5.11 Å². The van der Waals surface area contributed by atoms with Gasteiger partial charge in [-0.15, -0.1) is 0 Å². The van der Waals surface area contributed by atoms with E-state index in [9.17, 15) is 5.11 Å². The molecule has 0 amide bonds. The molecule has 0 aliphatic carbocycles. The molecule has 2 rings (SSSR count). The van der Waals surface area contributed by atoms with Crippen molar-refractivity contribution in [2.45, 2.75) is 45.8 Å². The van der Waals surface area contributed by atoms with Crippen LogP contribution in [0.15, 0.2) is 18.9 Å². The third-order valence-electron chi connectivity index (χ3n) is 2.67. The summed E-state index contributed by atoms with van der Waals surface area (Å²) < 4.78 is 1.69. The molecule has 0 aromatic carbocycles. The highest BCUT2D eigenvalue weighted by Gasteiger charge is 2.19. The number of aliphatic hydroxyl groups is 1. The van der Waals surface area contributed by atoms with Crippen LogP contribution in [0, 0.1) is 0 Å². The summed E-state index contributed by atoms with van der Waals surface area (Å²) in [6, 6.07) is 0. The average molecular weight is 261 g/mol. The average Bonchev–Trinajstić information content (AvgIpc) is 2.76. The maximum absolute atomic E-state index is 9.91. The third-order valence-corrected chi connectivity index (χ3v) is 2.67. The van der Waals surface area contributed by atoms with Gasteiger partial charge in [0.25, 0.3) is 0 Å². The van der Waals surface area contributed by atoms with Gasteiger partial charge < -0.3 is 5.11 Å². The van der Waals surface area contributed by atoms with Crippen LogP contribution >= 0.6 is 0 Å². The first-order valence-electron chi connectivity index (χ1n) is 6.40. The molecule has 0 saturated carbocycles. The Morgan fingerprint density at radius 3 is 2.74 bits per heavy atom. The Labute approximate surface area is 112 Å². The highest BCUT2D eigenvalue weighted by atomic mass is 16.3. The van der Waals surface area contributed by atoms with E-state index >= 15 is 0 Å². The molecule has 0 saturated heterocycles. The van der Waals surface area contributed by atoms with Crippen molar-refractivity contribution in [2.24, 2.45) is 0 Å². The Hall–Kier alpha value is -1.82. The fourth-order valence-electron chi connectivity index (χ4n) is 1.93. The van der Waals surface area contributed by atoms with Gasteiger partial charge in [0.15, 0.2) is 5.82 Å². The minimum absolute atomic E-state index is 0.378. The van der Waals surface area contributed by atoms with Crippen molar-refractivity contribution in [3.05, 3.63) is 24.5 Å². The number of aryl methyl sites for hydroxylation is 1. The molecule has 0 spiro atoms. The van der Waals surface area contributed by atoms with E-state index in [1.54, 1.807) is 31.1 Å². The molecule has 102 valence electrons. The summed E-state index contributed by atoms with van der Waals surface area (Å²) in [5, 5.41) is 14.1. The van der Waals surface area contributed by atoms with E-state index < -0.39 is 5.60 Å². The first kappa shape index (κ1) is 13.6. The van der Waals surface area contributed by atoms with Crippen LogP contribution in [0.4, 0.5) is 0 Å². The second kappa shape index (κ2) is 5.44. The maximum atomic E-state index is 9.91. The predicted molar refractivity (Wildman–Crippen MR) is 71.3 cm³/mol. The third kappa shape index (κ3) is 3.35. The van der Waals surface area contributed by atoms with E-state index in [1.165, 1.54) is 6.33 Å². The fourth-order valence-corrected chi connectivity index (χ4v) is 1.93. The van der Waals surface area contributed by atoms with Gasteiger partial charge in [0.05, 0.1) is 23.4 Å². The Kier molecular flexibility index (Phi) is 3.90. The van der Waals surface area contributed by atoms with Crippen LogP contribution in [0.3, 0.4) is 0 Å². The Morgan fingerprint density at radius 2 is 2.05 bits per heavy atom. The quantitative estimate of drug-likeness (QED) is 0.881. The summed E-state index contributed by atoms with van der Waals surface area (Å²) in [7, 11) is 0. The van der Waals surface area contributed by atoms with Crippen LogP contribution in [0.25, 0.3) is 11.4 Å². The van der Waals surface area contributed by atoms with Crippen molar-refractivity contribution in [1.82, 2.24) is 24.7 Å². The second-order valence-electron chi connectivity index (χ2n) is 5.19. The van der Waals surface area contributed by atoms with Crippen LogP contribution in [-0.4, -0.2) is 35.4 Å². The number of aromatic nitrogens is 5. The number of nitrogens with zero attached hydrogens (tertiary/aromatic N) is 5. The summed E-state index contributed by atoms with van der Waals surface area (Å²) in [6.45, 7) is 5.97. The highest BCUT2D eigenvalue weighted by Crippen LogP contribution is 2.21. The van der Waals surface area contributed by atoms with Gasteiger partial charge in [0.2, 0.25) is 0 Å². The molecule has 1 N–H and O–H groups in total. The molecule has 6 nitrogen and oxygen atoms in total. The molecule has 6 heteroatoms. The lowest BCUT2D eigenvalue weighted by atomic mass is 10.1. The van der Waals surface area contributed by atoms with E-state index in [4.69, 9.17) is 0 Å². The predicted octanol–water partition coefficient (Wildman–Crippen LogP) is 1.46. The van der Waals surface area contributed by atoms with Crippen molar-refractivity contribution in [2.75, 3.05) is 0 Å². The van der Waals surface area contributed by atoms with Crippen LogP contribution in [0.5, 0.6) is 0 Å². The maximum Gasteiger partial charge on any atom is 0.161 e. The lowest BCUT2D eigenvalue weighted by molar-refractivity contribution is 0.0582. The molecule has 0 atom stereocenters. The molecule has 0 bridgehead atoms. The Morgan fingerprint density at radius 1 is 1.26 bits per heavy atom. The molecule has 0 aliphatic heterocycles. The van der Waals surface area contributed by atoms with Gasteiger partial charge in [-0.05, 0) is 20.3 Å². The molecule has 0 unspecified atom stereocenters. The molecule has 0 radical (unpaired) electrons. The zero-order valence-corrected chi connectivity index (χ0v) is 11.5. The van der Waals surface area contributed by atoms with Crippen LogP contribution in [0.2, 0.25) is 0 Å². The fraction of sp³-hybridized carbons (Fsp3) is 0.538. The van der Waals surface area contributed by atoms with E-state index in [0.717, 1.165) is 24.1 Å². The summed E-state index contributed by atoms with van der Waals surface area (Å²) in [5.74, 6) is 0.700. The molecular formula is C13H19N5O. The molecule has 2 heterocycles. The second-order valence-corrected chi connectivity index (χ2v) is 5.19. The lowest BCUT2D eigenvalue weighted by Crippen LogP contribution is -2.27. The molecule has 19 heavy (non-hydrogen) atoms. The molecule has 2 aromatic rings. The zero-order chi connectivity index (χ0) is 13.9. The van der Waals surface area contributed by atoms with E-state index in [0.29, 0.717) is 12.4 Å². The minimum Gasteiger partial charge on any atom is -0.389 e. The molecular weight excluding hydrogens is 242 g/mol. The Balaban J connectivity index is 2.40. The van der Waals surface area contributed by atoms with Crippen molar-refractivity contribution in [3.8, 4) is 11.4 Å². The molecule has 0 fully saturated rings.